The minimum absolute atomic E-state index is 0.00618. The molecule has 1 saturated carbocycles. The third-order valence-electron chi connectivity index (χ3n) is 3.80. The monoisotopic (exact) mass is 311 g/mol. The first-order chi connectivity index (χ1) is 10.3. The molecule has 2 amide bonds. The Bertz CT molecular complexity index is 566. The number of likely N-dealkylation sites (N-methyl/N-ethyl adjacent to an activating group) is 1. The molecule has 0 heterocycles. The van der Waals surface area contributed by atoms with Crippen LogP contribution in [-0.2, 0) is 9.59 Å². The predicted octanol–water partition coefficient (Wildman–Crippen LogP) is 1.63. The quantitative estimate of drug-likeness (QED) is 0.887. The molecule has 1 aromatic rings. The normalized spacial score (nSPS) is 16.4. The van der Waals surface area contributed by atoms with E-state index in [1.807, 2.05) is 0 Å². The molecule has 22 heavy (non-hydrogen) atoms. The SMILES string of the molecule is CN(CC(=O)Nc1cc(F)cc(F)c1)C(=O)C1(N)CCCC1. The number of nitrogens with zero attached hydrogens (tertiary/aromatic N) is 1. The average molecular weight is 311 g/mol. The lowest BCUT2D eigenvalue weighted by atomic mass is 9.97. The van der Waals surface area contributed by atoms with Gasteiger partial charge < -0.3 is 16.0 Å². The van der Waals surface area contributed by atoms with Gasteiger partial charge in [0, 0.05) is 18.8 Å². The van der Waals surface area contributed by atoms with E-state index in [4.69, 9.17) is 5.73 Å². The molecule has 0 saturated heterocycles. The molecule has 1 fully saturated rings. The molecule has 5 nitrogen and oxygen atoms in total. The van der Waals surface area contributed by atoms with Gasteiger partial charge in [0.15, 0.2) is 0 Å². The van der Waals surface area contributed by atoms with Crippen LogP contribution in [0.15, 0.2) is 18.2 Å². The number of amides is 2. The summed E-state index contributed by atoms with van der Waals surface area (Å²) in [6.45, 7) is -0.226. The Labute approximate surface area is 127 Å². The number of carbonyl (C=O) groups excluding carboxylic acids is 2. The summed E-state index contributed by atoms with van der Waals surface area (Å²) in [5, 5.41) is 2.36. The minimum atomic E-state index is -0.903. The summed E-state index contributed by atoms with van der Waals surface area (Å²) in [5.74, 6) is -2.40. The number of anilines is 1. The van der Waals surface area contributed by atoms with E-state index in [1.165, 1.54) is 11.9 Å². The van der Waals surface area contributed by atoms with Crippen molar-refractivity contribution in [2.24, 2.45) is 5.73 Å². The van der Waals surface area contributed by atoms with Crippen molar-refractivity contribution in [1.29, 1.82) is 0 Å². The van der Waals surface area contributed by atoms with E-state index in [9.17, 15) is 18.4 Å². The van der Waals surface area contributed by atoms with Gasteiger partial charge in [-0.2, -0.15) is 0 Å². The van der Waals surface area contributed by atoms with Crippen LogP contribution in [0.5, 0.6) is 0 Å². The summed E-state index contributed by atoms with van der Waals surface area (Å²) in [7, 11) is 1.49. The van der Waals surface area contributed by atoms with Gasteiger partial charge in [0.1, 0.15) is 11.6 Å². The smallest absolute Gasteiger partial charge is 0.243 e. The first-order valence-corrected chi connectivity index (χ1v) is 7.10. The second-order valence-corrected chi connectivity index (χ2v) is 5.73. The zero-order valence-corrected chi connectivity index (χ0v) is 12.4. The number of nitrogens with one attached hydrogen (secondary N) is 1. The van der Waals surface area contributed by atoms with E-state index < -0.39 is 23.1 Å². The van der Waals surface area contributed by atoms with Crippen LogP contribution in [0.25, 0.3) is 0 Å². The molecule has 0 aromatic heterocycles. The predicted molar refractivity (Wildman–Crippen MR) is 78.0 cm³/mol. The maximum absolute atomic E-state index is 13.1. The number of carbonyl (C=O) groups is 2. The summed E-state index contributed by atoms with van der Waals surface area (Å²) in [6.07, 6.45) is 3.00. The zero-order chi connectivity index (χ0) is 16.3. The zero-order valence-electron chi connectivity index (χ0n) is 12.4. The number of benzene rings is 1. The van der Waals surface area contributed by atoms with Gasteiger partial charge in [-0.25, -0.2) is 8.78 Å². The first kappa shape index (κ1) is 16.4. The van der Waals surface area contributed by atoms with Gasteiger partial charge in [0.2, 0.25) is 11.8 Å². The molecule has 1 aliphatic rings. The fraction of sp³-hybridized carbons (Fsp3) is 0.467. The van der Waals surface area contributed by atoms with Crippen LogP contribution in [0, 0.1) is 11.6 Å². The van der Waals surface area contributed by atoms with Crippen molar-refractivity contribution >= 4 is 17.5 Å². The van der Waals surface area contributed by atoms with Gasteiger partial charge in [0.25, 0.3) is 0 Å². The highest BCUT2D eigenvalue weighted by Gasteiger charge is 2.39. The van der Waals surface area contributed by atoms with Gasteiger partial charge in [-0.05, 0) is 25.0 Å². The highest BCUT2D eigenvalue weighted by Crippen LogP contribution is 2.28. The van der Waals surface area contributed by atoms with E-state index in [0.717, 1.165) is 25.0 Å². The Hall–Kier alpha value is -2.02. The van der Waals surface area contributed by atoms with Crippen molar-refractivity contribution in [3.8, 4) is 0 Å². The largest absolute Gasteiger partial charge is 0.335 e. The molecule has 7 heteroatoms. The van der Waals surface area contributed by atoms with E-state index in [-0.39, 0.29) is 18.1 Å². The highest BCUT2D eigenvalue weighted by atomic mass is 19.1. The third-order valence-corrected chi connectivity index (χ3v) is 3.80. The number of hydrogen-bond donors (Lipinski definition) is 2. The van der Waals surface area contributed by atoms with Gasteiger partial charge in [0.05, 0.1) is 12.1 Å². The van der Waals surface area contributed by atoms with Crippen LogP contribution in [0.1, 0.15) is 25.7 Å². The lowest BCUT2D eigenvalue weighted by Crippen LogP contribution is -2.53. The van der Waals surface area contributed by atoms with Gasteiger partial charge in [-0.15, -0.1) is 0 Å². The maximum atomic E-state index is 13.1. The molecule has 120 valence electrons. The van der Waals surface area contributed by atoms with E-state index in [2.05, 4.69) is 5.32 Å². The van der Waals surface area contributed by atoms with Crippen LogP contribution in [0.3, 0.4) is 0 Å². The molecule has 0 aliphatic heterocycles. The van der Waals surface area contributed by atoms with Gasteiger partial charge in [-0.1, -0.05) is 12.8 Å². The Morgan fingerprint density at radius 1 is 1.23 bits per heavy atom. The van der Waals surface area contributed by atoms with Crippen LogP contribution in [-0.4, -0.2) is 35.8 Å². The molecule has 0 atom stereocenters. The van der Waals surface area contributed by atoms with E-state index in [1.54, 1.807) is 0 Å². The van der Waals surface area contributed by atoms with Crippen molar-refractivity contribution in [3.63, 3.8) is 0 Å². The van der Waals surface area contributed by atoms with Gasteiger partial charge in [-0.3, -0.25) is 9.59 Å². The fourth-order valence-corrected chi connectivity index (χ4v) is 2.71. The van der Waals surface area contributed by atoms with Crippen molar-refractivity contribution < 1.29 is 18.4 Å². The summed E-state index contributed by atoms with van der Waals surface area (Å²) in [4.78, 5) is 25.4. The fourth-order valence-electron chi connectivity index (χ4n) is 2.71. The van der Waals surface area contributed by atoms with Crippen LogP contribution in [0.2, 0.25) is 0 Å². The van der Waals surface area contributed by atoms with Crippen LogP contribution in [0.4, 0.5) is 14.5 Å². The molecule has 0 unspecified atom stereocenters. The third kappa shape index (κ3) is 3.79. The first-order valence-electron chi connectivity index (χ1n) is 7.10. The Morgan fingerprint density at radius 3 is 2.32 bits per heavy atom. The Morgan fingerprint density at radius 2 is 1.77 bits per heavy atom. The number of halogens is 2. The van der Waals surface area contributed by atoms with Crippen molar-refractivity contribution in [1.82, 2.24) is 4.90 Å². The van der Waals surface area contributed by atoms with E-state index in [0.29, 0.717) is 18.9 Å². The Kier molecular flexibility index (Phi) is 4.75. The average Bonchev–Trinajstić information content (AvgIpc) is 2.84. The lowest BCUT2D eigenvalue weighted by molar-refractivity contribution is -0.138. The van der Waals surface area contributed by atoms with Crippen LogP contribution < -0.4 is 11.1 Å². The summed E-state index contributed by atoms with van der Waals surface area (Å²) >= 11 is 0. The molecule has 0 radical (unpaired) electrons. The van der Waals surface area contributed by atoms with Crippen molar-refractivity contribution in [2.45, 2.75) is 31.2 Å². The number of nitrogens with two attached hydrogens (primary N) is 1. The standard InChI is InChI=1S/C15H19F2N3O2/c1-20(14(22)15(18)4-2-3-5-15)9-13(21)19-12-7-10(16)6-11(17)8-12/h6-8H,2-5,9,18H2,1H3,(H,19,21). The van der Waals surface area contributed by atoms with E-state index >= 15 is 0 Å². The molecule has 2 rings (SSSR count). The molecule has 1 aromatic carbocycles. The second-order valence-electron chi connectivity index (χ2n) is 5.73. The van der Waals surface area contributed by atoms with Crippen molar-refractivity contribution in [3.05, 3.63) is 29.8 Å². The summed E-state index contributed by atoms with van der Waals surface area (Å²) < 4.78 is 26.1. The topological polar surface area (TPSA) is 75.4 Å². The minimum Gasteiger partial charge on any atom is -0.335 e. The van der Waals surface area contributed by atoms with Crippen molar-refractivity contribution in [2.75, 3.05) is 18.9 Å². The molecule has 3 N–H and O–H groups in total. The molecular weight excluding hydrogens is 292 g/mol. The Balaban J connectivity index is 1.95. The summed E-state index contributed by atoms with van der Waals surface area (Å²) in [6, 6.07) is 2.72. The number of rotatable bonds is 4. The molecular formula is C15H19F2N3O2. The second kappa shape index (κ2) is 6.39. The van der Waals surface area contributed by atoms with Crippen LogP contribution >= 0.6 is 0 Å². The molecule has 0 bridgehead atoms. The number of hydrogen-bond acceptors (Lipinski definition) is 3. The lowest BCUT2D eigenvalue weighted by Gasteiger charge is -2.28. The summed E-state index contributed by atoms with van der Waals surface area (Å²) in [5.41, 5.74) is 5.15. The molecule has 0 spiro atoms. The highest BCUT2D eigenvalue weighted by molar-refractivity contribution is 5.96. The maximum Gasteiger partial charge on any atom is 0.243 e. The molecule has 1 aliphatic carbocycles. The van der Waals surface area contributed by atoms with Gasteiger partial charge >= 0.3 is 0 Å².